The van der Waals surface area contributed by atoms with Gasteiger partial charge in [-0.05, 0) is 55.5 Å². The highest BCUT2D eigenvalue weighted by Crippen LogP contribution is 2.29. The fourth-order valence-corrected chi connectivity index (χ4v) is 4.44. The second kappa shape index (κ2) is 8.34. The summed E-state index contributed by atoms with van der Waals surface area (Å²) in [6.07, 6.45) is 2.28. The predicted octanol–water partition coefficient (Wildman–Crippen LogP) is 4.73. The molecule has 0 atom stereocenters. The molecular weight excluding hydrogens is 374 g/mol. The first-order valence-electron chi connectivity index (χ1n) is 10.5. The van der Waals surface area contributed by atoms with Crippen LogP contribution in [0.5, 0.6) is 5.75 Å². The summed E-state index contributed by atoms with van der Waals surface area (Å²) in [6.45, 7) is 6.51. The Hall–Kier alpha value is -3.08. The Labute approximate surface area is 178 Å². The number of carbonyl (C=O) groups excluding carboxylic acids is 1. The van der Waals surface area contributed by atoms with Crippen LogP contribution in [0.4, 0.5) is 5.82 Å². The number of rotatable bonds is 5. The van der Waals surface area contributed by atoms with Gasteiger partial charge < -0.3 is 14.5 Å². The molecule has 1 aliphatic rings. The lowest BCUT2D eigenvalue weighted by Gasteiger charge is -2.24. The number of fused-ring (bicyclic) bond motifs is 1. The van der Waals surface area contributed by atoms with Crippen molar-refractivity contribution >= 4 is 22.6 Å². The number of hydrogen-bond donors (Lipinski definition) is 0. The summed E-state index contributed by atoms with van der Waals surface area (Å²) >= 11 is 0. The molecule has 1 aliphatic heterocycles. The van der Waals surface area contributed by atoms with Crippen LogP contribution in [0.1, 0.15) is 39.9 Å². The Bertz CT molecular complexity index is 1060. The molecule has 4 rings (SSSR count). The molecule has 0 radical (unpaired) electrons. The van der Waals surface area contributed by atoms with E-state index in [9.17, 15) is 4.79 Å². The maximum absolute atomic E-state index is 13.5. The Morgan fingerprint density at radius 1 is 1.10 bits per heavy atom. The van der Waals surface area contributed by atoms with E-state index in [1.54, 1.807) is 12.0 Å². The number of aromatic nitrogens is 1. The number of methoxy groups -OCH3 is 1. The molecule has 0 saturated carbocycles. The van der Waals surface area contributed by atoms with Crippen LogP contribution in [0, 0.1) is 13.8 Å². The number of carbonyl (C=O) groups is 1. The fraction of sp³-hybridized carbons (Fsp3) is 0.360. The largest absolute Gasteiger partial charge is 0.496 e. The average Bonchev–Trinajstić information content (AvgIpc) is 3.27. The van der Waals surface area contributed by atoms with Crippen molar-refractivity contribution in [3.05, 3.63) is 64.7 Å². The number of nitrogens with zero attached hydrogens (tertiary/aromatic N) is 3. The number of pyridine rings is 1. The van der Waals surface area contributed by atoms with Crippen molar-refractivity contribution in [1.29, 1.82) is 0 Å². The van der Waals surface area contributed by atoms with E-state index in [1.807, 2.05) is 51.2 Å². The second-order valence-corrected chi connectivity index (χ2v) is 8.17. The summed E-state index contributed by atoms with van der Waals surface area (Å²) < 4.78 is 5.47. The van der Waals surface area contributed by atoms with Gasteiger partial charge in [0.05, 0.1) is 18.2 Å². The lowest BCUT2D eigenvalue weighted by Crippen LogP contribution is -2.30. The maximum atomic E-state index is 13.5. The van der Waals surface area contributed by atoms with Crippen LogP contribution in [-0.4, -0.2) is 43.0 Å². The van der Waals surface area contributed by atoms with Crippen LogP contribution in [0.3, 0.4) is 0 Å². The lowest BCUT2D eigenvalue weighted by molar-refractivity contribution is 0.0785. The average molecular weight is 404 g/mol. The second-order valence-electron chi connectivity index (χ2n) is 8.17. The normalized spacial score (nSPS) is 13.7. The van der Waals surface area contributed by atoms with Gasteiger partial charge in [-0.3, -0.25) is 4.79 Å². The van der Waals surface area contributed by atoms with E-state index in [4.69, 9.17) is 9.72 Å². The molecule has 0 bridgehead atoms. The summed E-state index contributed by atoms with van der Waals surface area (Å²) in [5.41, 5.74) is 4.87. The molecule has 2 heterocycles. The molecular formula is C25H29N3O2. The standard InChI is InChI=1S/C25H29N3O2/c1-17-13-19(14-18(2)23(17)30-4)16-27(3)25(29)21-15-20-9-5-6-10-22(20)26-24(21)28-11-7-8-12-28/h5-6,9-10,13-15H,7-8,11-12,16H2,1-4H3. The highest BCUT2D eigenvalue weighted by molar-refractivity contribution is 6.02. The zero-order valence-corrected chi connectivity index (χ0v) is 18.2. The maximum Gasteiger partial charge on any atom is 0.257 e. The van der Waals surface area contributed by atoms with Gasteiger partial charge >= 0.3 is 0 Å². The van der Waals surface area contributed by atoms with E-state index in [0.29, 0.717) is 12.1 Å². The fourth-order valence-electron chi connectivity index (χ4n) is 4.44. The third kappa shape index (κ3) is 3.84. The number of anilines is 1. The van der Waals surface area contributed by atoms with Crippen LogP contribution >= 0.6 is 0 Å². The molecule has 156 valence electrons. The summed E-state index contributed by atoms with van der Waals surface area (Å²) in [6, 6.07) is 14.2. The number of benzene rings is 2. The van der Waals surface area contributed by atoms with Crippen molar-refractivity contribution in [3.63, 3.8) is 0 Å². The van der Waals surface area contributed by atoms with E-state index in [-0.39, 0.29) is 5.91 Å². The van der Waals surface area contributed by atoms with Gasteiger partial charge in [0.25, 0.3) is 5.91 Å². The highest BCUT2D eigenvalue weighted by Gasteiger charge is 2.24. The van der Waals surface area contributed by atoms with Crippen LogP contribution in [0.2, 0.25) is 0 Å². The highest BCUT2D eigenvalue weighted by atomic mass is 16.5. The molecule has 5 nitrogen and oxygen atoms in total. The number of hydrogen-bond acceptors (Lipinski definition) is 4. The molecule has 0 unspecified atom stereocenters. The number of aryl methyl sites for hydroxylation is 2. The molecule has 5 heteroatoms. The minimum Gasteiger partial charge on any atom is -0.496 e. The first-order valence-corrected chi connectivity index (χ1v) is 10.5. The first kappa shape index (κ1) is 20.2. The van der Waals surface area contributed by atoms with Gasteiger partial charge in [0.15, 0.2) is 0 Å². The van der Waals surface area contributed by atoms with Crippen molar-refractivity contribution in [3.8, 4) is 5.75 Å². The number of amides is 1. The van der Waals surface area contributed by atoms with E-state index >= 15 is 0 Å². The molecule has 1 fully saturated rings. The van der Waals surface area contributed by atoms with Crippen molar-refractivity contribution in [1.82, 2.24) is 9.88 Å². The van der Waals surface area contributed by atoms with Gasteiger partial charge in [-0.1, -0.05) is 30.3 Å². The third-order valence-electron chi connectivity index (χ3n) is 5.83. The summed E-state index contributed by atoms with van der Waals surface area (Å²) in [7, 11) is 3.55. The van der Waals surface area contributed by atoms with Crippen molar-refractivity contribution < 1.29 is 9.53 Å². The molecule has 30 heavy (non-hydrogen) atoms. The minimum absolute atomic E-state index is 0.00118. The molecule has 0 aliphatic carbocycles. The van der Waals surface area contributed by atoms with Gasteiger partial charge in [-0.25, -0.2) is 4.98 Å². The minimum atomic E-state index is 0.00118. The lowest BCUT2D eigenvalue weighted by atomic mass is 10.0. The monoisotopic (exact) mass is 403 g/mol. The zero-order valence-electron chi connectivity index (χ0n) is 18.2. The number of ether oxygens (including phenoxy) is 1. The number of para-hydroxylation sites is 1. The third-order valence-corrected chi connectivity index (χ3v) is 5.83. The van der Waals surface area contributed by atoms with Crippen LogP contribution in [0.25, 0.3) is 10.9 Å². The van der Waals surface area contributed by atoms with Gasteiger partial charge in [0.2, 0.25) is 0 Å². The predicted molar refractivity (Wildman–Crippen MR) is 121 cm³/mol. The topological polar surface area (TPSA) is 45.7 Å². The van der Waals surface area contributed by atoms with Crippen molar-refractivity contribution in [2.45, 2.75) is 33.2 Å². The van der Waals surface area contributed by atoms with Crippen LogP contribution in [0.15, 0.2) is 42.5 Å². The Kier molecular flexibility index (Phi) is 5.62. The Morgan fingerprint density at radius 3 is 2.43 bits per heavy atom. The Morgan fingerprint density at radius 2 is 1.77 bits per heavy atom. The van der Waals surface area contributed by atoms with E-state index < -0.39 is 0 Å². The summed E-state index contributed by atoms with van der Waals surface area (Å²) in [4.78, 5) is 22.4. The first-order chi connectivity index (χ1) is 14.5. The SMILES string of the molecule is COc1c(C)cc(CN(C)C(=O)c2cc3ccccc3nc2N2CCCC2)cc1C. The zero-order chi connectivity index (χ0) is 21.3. The smallest absolute Gasteiger partial charge is 0.257 e. The van der Waals surface area contributed by atoms with Crippen molar-refractivity contribution in [2.24, 2.45) is 0 Å². The van der Waals surface area contributed by atoms with Crippen molar-refractivity contribution in [2.75, 3.05) is 32.1 Å². The molecule has 1 aromatic heterocycles. The van der Waals surface area contributed by atoms with Gasteiger partial charge in [0, 0.05) is 32.1 Å². The Balaban J connectivity index is 1.67. The summed E-state index contributed by atoms with van der Waals surface area (Å²) in [5, 5.41) is 0.994. The molecule has 1 saturated heterocycles. The van der Waals surface area contributed by atoms with E-state index in [0.717, 1.165) is 65.1 Å². The quantitative estimate of drug-likeness (QED) is 0.618. The van der Waals surface area contributed by atoms with E-state index in [2.05, 4.69) is 17.0 Å². The van der Waals surface area contributed by atoms with Crippen LogP contribution in [-0.2, 0) is 6.54 Å². The van der Waals surface area contributed by atoms with Gasteiger partial charge in [-0.15, -0.1) is 0 Å². The molecule has 2 aromatic carbocycles. The summed E-state index contributed by atoms with van der Waals surface area (Å²) in [5.74, 6) is 1.72. The molecule has 0 N–H and O–H groups in total. The van der Waals surface area contributed by atoms with Gasteiger partial charge in [0.1, 0.15) is 11.6 Å². The molecule has 3 aromatic rings. The van der Waals surface area contributed by atoms with Gasteiger partial charge in [-0.2, -0.15) is 0 Å². The van der Waals surface area contributed by atoms with E-state index in [1.165, 1.54) is 0 Å². The van der Waals surface area contributed by atoms with Crippen LogP contribution < -0.4 is 9.64 Å². The molecule has 0 spiro atoms. The molecule has 1 amide bonds.